The minimum absolute atomic E-state index is 0.0426. The maximum Gasteiger partial charge on any atom is 0.254 e. The number of methoxy groups -OCH3 is 1. The van der Waals surface area contributed by atoms with Crippen molar-refractivity contribution in [2.75, 3.05) is 25.5 Å². The van der Waals surface area contributed by atoms with E-state index in [0.29, 0.717) is 28.6 Å². The van der Waals surface area contributed by atoms with Gasteiger partial charge < -0.3 is 15.0 Å². The summed E-state index contributed by atoms with van der Waals surface area (Å²) in [5.41, 5.74) is 1.07. The zero-order chi connectivity index (χ0) is 17.5. The molecule has 2 amide bonds. The second-order valence-corrected chi connectivity index (χ2v) is 5.55. The summed E-state index contributed by atoms with van der Waals surface area (Å²) in [6.45, 7) is 2.19. The van der Waals surface area contributed by atoms with E-state index in [1.165, 1.54) is 4.90 Å². The second-order valence-electron chi connectivity index (χ2n) is 5.11. The van der Waals surface area contributed by atoms with Crippen molar-refractivity contribution in [2.24, 2.45) is 0 Å². The molecule has 126 valence electrons. The fourth-order valence-corrected chi connectivity index (χ4v) is 2.40. The number of nitrogens with zero attached hydrogens (tertiary/aromatic N) is 1. The fourth-order valence-electron chi connectivity index (χ4n) is 2.21. The Morgan fingerprint density at radius 2 is 1.92 bits per heavy atom. The highest BCUT2D eigenvalue weighted by atomic mass is 35.5. The Kier molecular flexibility index (Phi) is 6.21. The maximum atomic E-state index is 12.5. The maximum absolute atomic E-state index is 12.5. The predicted molar refractivity (Wildman–Crippen MR) is 94.7 cm³/mol. The molecule has 2 rings (SSSR count). The lowest BCUT2D eigenvalue weighted by Gasteiger charge is -2.20. The highest BCUT2D eigenvalue weighted by molar-refractivity contribution is 6.31. The number of hydrogen-bond acceptors (Lipinski definition) is 3. The summed E-state index contributed by atoms with van der Waals surface area (Å²) in [6, 6.07) is 13.7. The minimum atomic E-state index is -0.277. The molecule has 0 spiro atoms. The van der Waals surface area contributed by atoms with Gasteiger partial charge in [-0.05, 0) is 37.3 Å². The molecule has 2 aromatic rings. The van der Waals surface area contributed by atoms with Crippen LogP contribution in [-0.2, 0) is 4.79 Å². The third-order valence-electron chi connectivity index (χ3n) is 3.43. The van der Waals surface area contributed by atoms with Gasteiger partial charge >= 0.3 is 0 Å². The molecule has 0 aliphatic heterocycles. The van der Waals surface area contributed by atoms with Crippen molar-refractivity contribution < 1.29 is 14.3 Å². The van der Waals surface area contributed by atoms with Crippen LogP contribution in [0.15, 0.2) is 48.5 Å². The highest BCUT2D eigenvalue weighted by Crippen LogP contribution is 2.17. The van der Waals surface area contributed by atoms with Crippen LogP contribution in [0.5, 0.6) is 5.75 Å². The van der Waals surface area contributed by atoms with Gasteiger partial charge in [0.2, 0.25) is 5.91 Å². The van der Waals surface area contributed by atoms with Gasteiger partial charge in [-0.3, -0.25) is 9.59 Å². The molecule has 0 aliphatic rings. The Morgan fingerprint density at radius 3 is 2.58 bits per heavy atom. The van der Waals surface area contributed by atoms with Crippen molar-refractivity contribution >= 4 is 29.1 Å². The van der Waals surface area contributed by atoms with Crippen molar-refractivity contribution in [1.82, 2.24) is 4.90 Å². The zero-order valence-corrected chi connectivity index (χ0v) is 14.3. The average Bonchev–Trinajstić information content (AvgIpc) is 2.59. The number of hydrogen-bond donors (Lipinski definition) is 1. The van der Waals surface area contributed by atoms with Crippen LogP contribution in [0.1, 0.15) is 17.3 Å². The lowest BCUT2D eigenvalue weighted by atomic mass is 10.2. The van der Waals surface area contributed by atoms with Crippen molar-refractivity contribution in [1.29, 1.82) is 0 Å². The zero-order valence-electron chi connectivity index (χ0n) is 13.6. The highest BCUT2D eigenvalue weighted by Gasteiger charge is 2.17. The second kappa shape index (κ2) is 8.36. The van der Waals surface area contributed by atoms with Gasteiger partial charge in [0.25, 0.3) is 5.91 Å². The van der Waals surface area contributed by atoms with Gasteiger partial charge in [-0.2, -0.15) is 0 Å². The Balaban J connectivity index is 2.03. The van der Waals surface area contributed by atoms with Gasteiger partial charge in [0.15, 0.2) is 0 Å². The van der Waals surface area contributed by atoms with Crippen LogP contribution >= 0.6 is 11.6 Å². The summed E-state index contributed by atoms with van der Waals surface area (Å²) in [7, 11) is 1.56. The number of ether oxygens (including phenoxy) is 1. The molecule has 1 N–H and O–H groups in total. The van der Waals surface area contributed by atoms with E-state index in [0.717, 1.165) is 0 Å². The topological polar surface area (TPSA) is 58.6 Å². The number of nitrogens with one attached hydrogen (secondary N) is 1. The lowest BCUT2D eigenvalue weighted by molar-refractivity contribution is -0.116. The van der Waals surface area contributed by atoms with Crippen molar-refractivity contribution in [3.8, 4) is 5.75 Å². The first-order valence-corrected chi connectivity index (χ1v) is 7.90. The fraction of sp³-hybridized carbons (Fsp3) is 0.222. The van der Waals surface area contributed by atoms with Gasteiger partial charge in [0.1, 0.15) is 12.3 Å². The number of likely N-dealkylation sites (N-methyl/N-ethyl adjacent to an activating group) is 1. The number of rotatable bonds is 6. The van der Waals surface area contributed by atoms with Gasteiger partial charge in [-0.15, -0.1) is 0 Å². The molecule has 0 aliphatic carbocycles. The smallest absolute Gasteiger partial charge is 0.254 e. The van der Waals surface area contributed by atoms with E-state index in [1.807, 2.05) is 6.92 Å². The molecule has 0 saturated carbocycles. The van der Waals surface area contributed by atoms with Gasteiger partial charge in [-0.1, -0.05) is 23.7 Å². The predicted octanol–water partition coefficient (Wildman–Crippen LogP) is 3.45. The Labute approximate surface area is 146 Å². The molecule has 24 heavy (non-hydrogen) atoms. The van der Waals surface area contributed by atoms with Crippen molar-refractivity contribution in [2.45, 2.75) is 6.92 Å². The van der Waals surface area contributed by atoms with Gasteiger partial charge in [0, 0.05) is 28.9 Å². The normalized spacial score (nSPS) is 10.1. The Morgan fingerprint density at radius 1 is 1.17 bits per heavy atom. The van der Waals surface area contributed by atoms with Crippen molar-refractivity contribution in [3.05, 3.63) is 59.1 Å². The first kappa shape index (κ1) is 17.8. The van der Waals surface area contributed by atoms with Crippen LogP contribution in [0.3, 0.4) is 0 Å². The van der Waals surface area contributed by atoms with Crippen LogP contribution in [0.2, 0.25) is 5.02 Å². The molecule has 0 heterocycles. The standard InChI is InChI=1S/C18H19ClN2O3/c1-3-21(18(23)13-6-4-7-14(19)10-13)12-17(22)20-15-8-5-9-16(11-15)24-2/h4-11H,3,12H2,1-2H3,(H,20,22). The average molecular weight is 347 g/mol. The largest absolute Gasteiger partial charge is 0.497 e. The van der Waals surface area contributed by atoms with Crippen LogP contribution < -0.4 is 10.1 Å². The molecule has 6 heteroatoms. The van der Waals surface area contributed by atoms with E-state index in [4.69, 9.17) is 16.3 Å². The lowest BCUT2D eigenvalue weighted by Crippen LogP contribution is -2.37. The molecule has 0 atom stereocenters. The number of carbonyl (C=O) groups excluding carboxylic acids is 2. The molecule has 0 saturated heterocycles. The number of carbonyl (C=O) groups is 2. The van der Waals surface area contributed by atoms with Crippen LogP contribution in [0, 0.1) is 0 Å². The van der Waals surface area contributed by atoms with Crippen LogP contribution in [0.25, 0.3) is 0 Å². The quantitative estimate of drug-likeness (QED) is 0.871. The number of amides is 2. The Bertz CT molecular complexity index is 734. The van der Waals surface area contributed by atoms with E-state index in [9.17, 15) is 9.59 Å². The SMILES string of the molecule is CCN(CC(=O)Nc1cccc(OC)c1)C(=O)c1cccc(Cl)c1. The molecule has 0 radical (unpaired) electrons. The molecule has 0 aromatic heterocycles. The van der Waals surface area contributed by atoms with E-state index in [2.05, 4.69) is 5.32 Å². The number of benzene rings is 2. The van der Waals surface area contributed by atoms with Gasteiger partial charge in [0.05, 0.1) is 7.11 Å². The van der Waals surface area contributed by atoms with Gasteiger partial charge in [-0.25, -0.2) is 0 Å². The summed E-state index contributed by atoms with van der Waals surface area (Å²) in [5, 5.41) is 3.24. The minimum Gasteiger partial charge on any atom is -0.497 e. The van der Waals surface area contributed by atoms with Crippen molar-refractivity contribution in [3.63, 3.8) is 0 Å². The summed E-state index contributed by atoms with van der Waals surface area (Å²) in [6.07, 6.45) is 0. The summed E-state index contributed by atoms with van der Waals surface area (Å²) >= 11 is 5.92. The molecule has 2 aromatic carbocycles. The molecule has 0 unspecified atom stereocenters. The van der Waals surface area contributed by atoms with E-state index in [1.54, 1.807) is 55.6 Å². The number of halogens is 1. The molecule has 5 nitrogen and oxygen atoms in total. The molecular weight excluding hydrogens is 328 g/mol. The first-order valence-electron chi connectivity index (χ1n) is 7.52. The van der Waals surface area contributed by atoms with E-state index in [-0.39, 0.29) is 18.4 Å². The summed E-state index contributed by atoms with van der Waals surface area (Å²) < 4.78 is 5.12. The molecular formula is C18H19ClN2O3. The molecule has 0 fully saturated rings. The number of anilines is 1. The monoisotopic (exact) mass is 346 g/mol. The Hall–Kier alpha value is -2.53. The third kappa shape index (κ3) is 4.73. The van der Waals surface area contributed by atoms with E-state index < -0.39 is 0 Å². The summed E-state index contributed by atoms with van der Waals surface area (Å²) in [4.78, 5) is 26.2. The van der Waals surface area contributed by atoms with E-state index >= 15 is 0 Å². The first-order chi connectivity index (χ1) is 11.5. The third-order valence-corrected chi connectivity index (χ3v) is 3.66. The molecule has 0 bridgehead atoms. The summed E-state index contributed by atoms with van der Waals surface area (Å²) in [5.74, 6) is 0.136. The van der Waals surface area contributed by atoms with Crippen LogP contribution in [-0.4, -0.2) is 36.9 Å². The van der Waals surface area contributed by atoms with Crippen LogP contribution in [0.4, 0.5) is 5.69 Å².